The molecule has 0 bridgehead atoms. The summed E-state index contributed by atoms with van der Waals surface area (Å²) in [5.41, 5.74) is 10.8. The number of aliphatic hydroxyl groups is 1. The van der Waals surface area contributed by atoms with E-state index < -0.39 is 36.2 Å². The molecule has 0 aliphatic heterocycles. The van der Waals surface area contributed by atoms with E-state index in [4.69, 9.17) is 10.5 Å². The maximum Gasteiger partial charge on any atom is 0.405 e. The molecule has 8 nitrogen and oxygen atoms in total. The molecule has 0 radical (unpaired) electrons. The Hall–Kier alpha value is -3.91. The fourth-order valence-electron chi connectivity index (χ4n) is 6.26. The minimum atomic E-state index is -1.25. The smallest absolute Gasteiger partial charge is 0.405 e. The zero-order chi connectivity index (χ0) is 30.4. The second-order valence-electron chi connectivity index (χ2n) is 12.1. The van der Waals surface area contributed by atoms with Gasteiger partial charge in [0.25, 0.3) is 5.91 Å². The van der Waals surface area contributed by atoms with Crippen molar-refractivity contribution < 1.29 is 19.4 Å². The van der Waals surface area contributed by atoms with Gasteiger partial charge in [-0.15, -0.1) is 6.58 Å². The summed E-state index contributed by atoms with van der Waals surface area (Å²) in [6, 6.07) is 15.9. The largest absolute Gasteiger partial charge is 0.436 e. The zero-order valence-electron chi connectivity index (χ0n) is 25.0. The molecule has 0 saturated heterocycles. The van der Waals surface area contributed by atoms with Crippen molar-refractivity contribution in [3.63, 3.8) is 0 Å². The van der Waals surface area contributed by atoms with Crippen LogP contribution in [0.4, 0.5) is 4.79 Å². The van der Waals surface area contributed by atoms with Crippen LogP contribution in [0.1, 0.15) is 75.6 Å². The number of aromatic nitrogens is 2. The lowest BCUT2D eigenvalue weighted by Gasteiger charge is -2.32. The van der Waals surface area contributed by atoms with Crippen LogP contribution in [0.25, 0.3) is 11.1 Å². The molecule has 1 unspecified atom stereocenters. The fourth-order valence-corrected chi connectivity index (χ4v) is 6.26. The summed E-state index contributed by atoms with van der Waals surface area (Å²) in [5, 5.41) is 14.3. The van der Waals surface area contributed by atoms with Crippen molar-refractivity contribution in [2.45, 2.75) is 77.0 Å². The number of allylic oxidation sites excluding steroid dienone is 1. The number of imidazole rings is 1. The number of benzene rings is 2. The Bertz CT molecular complexity index is 1310. The SMILES string of the molecule is C=C[C@@H](C[C@H](O)[C@H](CC(C)C)NC(=O)C(OC(N)=O)[C@H](CC1c2ccccc2-c2ccccc21)c1cnc[nH]1)C(C)C. The van der Waals surface area contributed by atoms with Gasteiger partial charge in [0.15, 0.2) is 6.10 Å². The highest BCUT2D eigenvalue weighted by Crippen LogP contribution is 2.49. The van der Waals surface area contributed by atoms with E-state index in [1.807, 2.05) is 44.2 Å². The topological polar surface area (TPSA) is 130 Å². The Morgan fingerprint density at radius 1 is 1.07 bits per heavy atom. The van der Waals surface area contributed by atoms with Crippen LogP contribution in [0.3, 0.4) is 0 Å². The van der Waals surface area contributed by atoms with Gasteiger partial charge in [-0.2, -0.15) is 0 Å². The average Bonchev–Trinajstić information content (AvgIpc) is 3.59. The van der Waals surface area contributed by atoms with Crippen LogP contribution in [0.5, 0.6) is 0 Å². The molecule has 2 aromatic carbocycles. The summed E-state index contributed by atoms with van der Waals surface area (Å²) in [6.07, 6.45) is 3.43. The zero-order valence-corrected chi connectivity index (χ0v) is 25.0. The van der Waals surface area contributed by atoms with Crippen molar-refractivity contribution in [3.8, 4) is 11.1 Å². The van der Waals surface area contributed by atoms with E-state index in [1.54, 1.807) is 12.5 Å². The number of hydrogen-bond acceptors (Lipinski definition) is 5. The van der Waals surface area contributed by atoms with Gasteiger partial charge in [-0.1, -0.05) is 82.3 Å². The number of H-pyrrole nitrogens is 1. The molecule has 8 heteroatoms. The molecule has 5 N–H and O–H groups in total. The van der Waals surface area contributed by atoms with E-state index in [2.05, 4.69) is 60.0 Å². The first-order chi connectivity index (χ1) is 20.1. The Labute approximate surface area is 248 Å². The first kappa shape index (κ1) is 31.0. The third-order valence-corrected chi connectivity index (χ3v) is 8.43. The number of fused-ring (bicyclic) bond motifs is 3. The second kappa shape index (κ2) is 13.8. The second-order valence-corrected chi connectivity index (χ2v) is 12.1. The number of nitrogens with zero attached hydrogens (tertiary/aromatic N) is 1. The molecule has 3 aromatic rings. The quantitative estimate of drug-likeness (QED) is 0.179. The molecular formula is C34H44N4O4. The number of aromatic amines is 1. The maximum atomic E-state index is 14.1. The molecule has 2 amide bonds. The predicted octanol–water partition coefficient (Wildman–Crippen LogP) is 5.90. The lowest BCUT2D eigenvalue weighted by Crippen LogP contribution is -2.51. The Kier molecular flexibility index (Phi) is 10.2. The van der Waals surface area contributed by atoms with Gasteiger partial charge in [0, 0.05) is 23.7 Å². The number of primary amides is 1. The molecule has 224 valence electrons. The lowest BCUT2D eigenvalue weighted by atomic mass is 9.82. The molecular weight excluding hydrogens is 528 g/mol. The predicted molar refractivity (Wildman–Crippen MR) is 165 cm³/mol. The van der Waals surface area contributed by atoms with E-state index in [1.165, 1.54) is 0 Å². The van der Waals surface area contributed by atoms with Gasteiger partial charge in [0.1, 0.15) is 0 Å². The monoisotopic (exact) mass is 572 g/mol. The highest BCUT2D eigenvalue weighted by Gasteiger charge is 2.40. The summed E-state index contributed by atoms with van der Waals surface area (Å²) < 4.78 is 5.59. The first-order valence-corrected chi connectivity index (χ1v) is 14.8. The lowest BCUT2D eigenvalue weighted by molar-refractivity contribution is -0.132. The third kappa shape index (κ3) is 7.10. The number of carbonyl (C=O) groups is 2. The molecule has 1 aliphatic carbocycles. The first-order valence-electron chi connectivity index (χ1n) is 14.8. The average molecular weight is 573 g/mol. The number of ether oxygens (including phenoxy) is 1. The highest BCUT2D eigenvalue weighted by molar-refractivity contribution is 5.85. The minimum absolute atomic E-state index is 0.0473. The van der Waals surface area contributed by atoms with Gasteiger partial charge < -0.3 is 25.9 Å². The van der Waals surface area contributed by atoms with E-state index in [0.717, 1.165) is 22.3 Å². The van der Waals surface area contributed by atoms with Gasteiger partial charge in [-0.25, -0.2) is 9.78 Å². The van der Waals surface area contributed by atoms with Gasteiger partial charge >= 0.3 is 6.09 Å². The Balaban J connectivity index is 1.67. The van der Waals surface area contributed by atoms with Crippen LogP contribution in [-0.4, -0.2) is 45.3 Å². The number of nitrogens with one attached hydrogen (secondary N) is 2. The van der Waals surface area contributed by atoms with E-state index in [9.17, 15) is 14.7 Å². The fraction of sp³-hybridized carbons (Fsp3) is 0.441. The molecule has 1 aliphatic rings. The molecule has 1 heterocycles. The third-order valence-electron chi connectivity index (χ3n) is 8.43. The van der Waals surface area contributed by atoms with Gasteiger partial charge in [0.05, 0.1) is 18.5 Å². The summed E-state index contributed by atoms with van der Waals surface area (Å²) >= 11 is 0. The van der Waals surface area contributed by atoms with Crippen molar-refractivity contribution in [1.29, 1.82) is 0 Å². The Morgan fingerprint density at radius 3 is 2.19 bits per heavy atom. The van der Waals surface area contributed by atoms with Crippen molar-refractivity contribution in [3.05, 3.63) is 90.5 Å². The summed E-state index contributed by atoms with van der Waals surface area (Å²) in [5.74, 6) is -0.551. The van der Waals surface area contributed by atoms with Gasteiger partial charge in [-0.3, -0.25) is 4.79 Å². The number of hydrogen-bond donors (Lipinski definition) is 4. The van der Waals surface area contributed by atoms with Crippen LogP contribution in [0.2, 0.25) is 0 Å². The standard InChI is InChI=1S/C34H44N4O4/c1-6-22(21(4)5)16-31(39)29(15-20(2)3)38-33(40)32(42-34(35)41)28(30-18-36-19-37-30)17-27-25-13-9-7-11-23(25)24-12-8-10-14-26(24)27/h6-14,18-22,27-29,31-32,39H,1,15-17H2,2-5H3,(H2,35,41)(H,36,37)(H,38,40)/t22-,28+,29-,31-,32?/m0/s1. The minimum Gasteiger partial charge on any atom is -0.436 e. The van der Waals surface area contributed by atoms with E-state index in [0.29, 0.717) is 30.9 Å². The maximum absolute atomic E-state index is 14.1. The number of aliphatic hydroxyl groups excluding tert-OH is 1. The number of carbonyl (C=O) groups excluding carboxylic acids is 2. The van der Waals surface area contributed by atoms with Crippen LogP contribution in [0.15, 0.2) is 73.7 Å². The number of rotatable bonds is 14. The molecule has 0 spiro atoms. The molecule has 42 heavy (non-hydrogen) atoms. The van der Waals surface area contributed by atoms with Crippen molar-refractivity contribution in [2.24, 2.45) is 23.5 Å². The summed E-state index contributed by atoms with van der Waals surface area (Å²) in [7, 11) is 0. The molecule has 4 rings (SSSR count). The van der Waals surface area contributed by atoms with Gasteiger partial charge in [-0.05, 0) is 59.3 Å². The molecule has 1 aromatic heterocycles. The normalized spacial score (nSPS) is 16.3. The Morgan fingerprint density at radius 2 is 1.69 bits per heavy atom. The van der Waals surface area contributed by atoms with Crippen molar-refractivity contribution in [2.75, 3.05) is 0 Å². The van der Waals surface area contributed by atoms with Crippen LogP contribution < -0.4 is 11.1 Å². The van der Waals surface area contributed by atoms with Crippen molar-refractivity contribution in [1.82, 2.24) is 15.3 Å². The van der Waals surface area contributed by atoms with E-state index in [-0.39, 0.29) is 17.8 Å². The highest BCUT2D eigenvalue weighted by atomic mass is 16.6. The number of amides is 2. The van der Waals surface area contributed by atoms with Crippen LogP contribution >= 0.6 is 0 Å². The molecule has 0 fully saturated rings. The summed E-state index contributed by atoms with van der Waals surface area (Å²) in [6.45, 7) is 12.2. The van der Waals surface area contributed by atoms with Crippen molar-refractivity contribution >= 4 is 12.0 Å². The molecule has 0 saturated carbocycles. The van der Waals surface area contributed by atoms with Crippen LogP contribution in [0, 0.1) is 17.8 Å². The van der Waals surface area contributed by atoms with E-state index >= 15 is 0 Å². The summed E-state index contributed by atoms with van der Waals surface area (Å²) in [4.78, 5) is 33.6. The molecule has 5 atom stereocenters. The number of nitrogens with two attached hydrogens (primary N) is 1. The van der Waals surface area contributed by atoms with Crippen LogP contribution in [-0.2, 0) is 9.53 Å². The van der Waals surface area contributed by atoms with Gasteiger partial charge in [0.2, 0.25) is 0 Å².